The third-order valence-electron chi connectivity index (χ3n) is 2.43. The molecule has 0 atom stereocenters. The first-order valence-corrected chi connectivity index (χ1v) is 7.48. The Kier molecular flexibility index (Phi) is 4.39. The third-order valence-corrected chi connectivity index (χ3v) is 3.97. The Labute approximate surface area is 126 Å². The van der Waals surface area contributed by atoms with Crippen molar-refractivity contribution in [1.29, 1.82) is 0 Å². The number of aromatic nitrogens is 2. The summed E-state index contributed by atoms with van der Waals surface area (Å²) in [6.07, 6.45) is 1.32. The Bertz CT molecular complexity index is 780. The lowest BCUT2D eigenvalue weighted by atomic mass is 10.2. The second-order valence-electron chi connectivity index (χ2n) is 3.84. The molecule has 1 N–H and O–H groups in total. The van der Waals surface area contributed by atoms with Crippen LogP contribution in [0, 0.1) is 0 Å². The molecule has 0 aliphatic carbocycles. The normalized spacial score (nSPS) is 11.0. The van der Waals surface area contributed by atoms with Gasteiger partial charge in [0.1, 0.15) is 5.82 Å². The Morgan fingerprint density at radius 2 is 2.10 bits per heavy atom. The van der Waals surface area contributed by atoms with Crippen LogP contribution in [0.15, 0.2) is 41.4 Å². The molecule has 2 rings (SSSR count). The number of carbonyl (C=O) groups excluding carboxylic acids is 1. The van der Waals surface area contributed by atoms with Gasteiger partial charge in [-0.05, 0) is 35.9 Å². The van der Waals surface area contributed by atoms with Gasteiger partial charge in [0.2, 0.25) is 5.28 Å². The highest BCUT2D eigenvalue weighted by Crippen LogP contribution is 2.16. The molecule has 0 fully saturated rings. The number of benzene rings is 1. The largest absolute Gasteiger partial charge is 0.465 e. The Hall–Kier alpha value is -2.19. The number of hydrogen-bond acceptors (Lipinski definition) is 6. The fourth-order valence-corrected chi connectivity index (χ4v) is 2.69. The third kappa shape index (κ3) is 3.67. The summed E-state index contributed by atoms with van der Waals surface area (Å²) in [6, 6.07) is 6.79. The molecule has 9 heteroatoms. The van der Waals surface area contributed by atoms with Gasteiger partial charge in [0, 0.05) is 6.20 Å². The lowest BCUT2D eigenvalue weighted by molar-refractivity contribution is 0.0600. The zero-order valence-corrected chi connectivity index (χ0v) is 12.4. The predicted molar refractivity (Wildman–Crippen MR) is 75.6 cm³/mol. The number of methoxy groups -OCH3 is 1. The van der Waals surface area contributed by atoms with E-state index in [4.69, 9.17) is 11.6 Å². The average molecular weight is 328 g/mol. The number of nitrogens with zero attached hydrogens (tertiary/aromatic N) is 2. The zero-order valence-electron chi connectivity index (χ0n) is 10.8. The molecule has 0 saturated heterocycles. The summed E-state index contributed by atoms with van der Waals surface area (Å²) >= 11 is 5.59. The lowest BCUT2D eigenvalue weighted by Gasteiger charge is -2.08. The van der Waals surface area contributed by atoms with E-state index in [1.165, 1.54) is 43.6 Å². The van der Waals surface area contributed by atoms with Crippen LogP contribution in [0.1, 0.15) is 10.4 Å². The molecule has 7 nitrogen and oxygen atoms in total. The van der Waals surface area contributed by atoms with E-state index in [0.29, 0.717) is 0 Å². The van der Waals surface area contributed by atoms with Crippen LogP contribution in [0.4, 0.5) is 5.82 Å². The van der Waals surface area contributed by atoms with Crippen molar-refractivity contribution in [2.24, 2.45) is 0 Å². The number of carbonyl (C=O) groups is 1. The Morgan fingerprint density at radius 3 is 2.76 bits per heavy atom. The number of ether oxygens (including phenoxy) is 1. The summed E-state index contributed by atoms with van der Waals surface area (Å²) in [7, 11) is -2.69. The highest BCUT2D eigenvalue weighted by molar-refractivity contribution is 7.92. The van der Waals surface area contributed by atoms with Crippen molar-refractivity contribution in [3.8, 4) is 0 Å². The fraction of sp³-hybridized carbons (Fsp3) is 0.0833. The molecule has 21 heavy (non-hydrogen) atoms. The second-order valence-corrected chi connectivity index (χ2v) is 5.86. The molecular weight excluding hydrogens is 318 g/mol. The summed E-state index contributed by atoms with van der Waals surface area (Å²) in [5.41, 5.74) is 0.126. The summed E-state index contributed by atoms with van der Waals surface area (Å²) in [6.45, 7) is 0. The monoisotopic (exact) mass is 327 g/mol. The van der Waals surface area contributed by atoms with E-state index in [0.717, 1.165) is 0 Å². The number of rotatable bonds is 4. The molecule has 1 aromatic carbocycles. The molecule has 0 bridgehead atoms. The molecule has 110 valence electrons. The van der Waals surface area contributed by atoms with Crippen LogP contribution in [-0.2, 0) is 14.8 Å². The van der Waals surface area contributed by atoms with Crippen molar-refractivity contribution >= 4 is 33.4 Å². The van der Waals surface area contributed by atoms with Gasteiger partial charge in [0.15, 0.2) is 0 Å². The summed E-state index contributed by atoms with van der Waals surface area (Å²) in [5, 5.41) is -0.0847. The van der Waals surface area contributed by atoms with Gasteiger partial charge < -0.3 is 4.74 Å². The van der Waals surface area contributed by atoms with Crippen LogP contribution in [0.2, 0.25) is 5.28 Å². The molecule has 0 amide bonds. The summed E-state index contributed by atoms with van der Waals surface area (Å²) in [4.78, 5) is 18.7. The number of halogens is 1. The maximum atomic E-state index is 12.2. The first kappa shape index (κ1) is 15.2. The lowest BCUT2D eigenvalue weighted by Crippen LogP contribution is -2.15. The number of anilines is 1. The number of hydrogen-bond donors (Lipinski definition) is 1. The first-order valence-electron chi connectivity index (χ1n) is 5.62. The maximum Gasteiger partial charge on any atom is 0.337 e. The van der Waals surface area contributed by atoms with E-state index in [1.54, 1.807) is 0 Å². The molecule has 0 unspecified atom stereocenters. The van der Waals surface area contributed by atoms with Gasteiger partial charge in [-0.2, -0.15) is 4.98 Å². The minimum absolute atomic E-state index is 0.0264. The predicted octanol–water partition coefficient (Wildman–Crippen LogP) is 1.72. The molecule has 2 aromatic rings. The van der Waals surface area contributed by atoms with Crippen LogP contribution in [0.3, 0.4) is 0 Å². The molecule has 0 aliphatic rings. The van der Waals surface area contributed by atoms with E-state index in [9.17, 15) is 13.2 Å². The van der Waals surface area contributed by atoms with E-state index >= 15 is 0 Å². The van der Waals surface area contributed by atoms with E-state index in [-0.39, 0.29) is 21.6 Å². The maximum absolute atomic E-state index is 12.2. The minimum Gasteiger partial charge on any atom is -0.465 e. The molecule has 0 radical (unpaired) electrons. The van der Waals surface area contributed by atoms with Gasteiger partial charge in [-0.15, -0.1) is 0 Å². The van der Waals surface area contributed by atoms with Gasteiger partial charge in [-0.25, -0.2) is 18.2 Å². The highest BCUT2D eigenvalue weighted by Gasteiger charge is 2.17. The second kappa shape index (κ2) is 6.06. The zero-order chi connectivity index (χ0) is 15.5. The number of sulfonamides is 1. The van der Waals surface area contributed by atoms with Crippen molar-refractivity contribution < 1.29 is 17.9 Å². The number of esters is 1. The van der Waals surface area contributed by atoms with Crippen LogP contribution in [0.25, 0.3) is 0 Å². The van der Waals surface area contributed by atoms with Crippen molar-refractivity contribution in [3.63, 3.8) is 0 Å². The SMILES string of the molecule is COC(=O)c1cccc(S(=O)(=O)Nc2ccnc(Cl)n2)c1. The molecule has 1 heterocycles. The number of nitrogens with one attached hydrogen (secondary N) is 1. The van der Waals surface area contributed by atoms with Crippen molar-refractivity contribution in [2.45, 2.75) is 4.90 Å². The molecule has 1 aromatic heterocycles. The molecule has 0 saturated carbocycles. The topological polar surface area (TPSA) is 98.2 Å². The molecular formula is C12H10ClN3O4S. The van der Waals surface area contributed by atoms with Crippen LogP contribution < -0.4 is 4.72 Å². The standard InChI is InChI=1S/C12H10ClN3O4S/c1-20-11(17)8-3-2-4-9(7-8)21(18,19)16-10-5-6-14-12(13)15-10/h2-7H,1H3,(H,14,15,16). The van der Waals surface area contributed by atoms with Gasteiger partial charge >= 0.3 is 5.97 Å². The van der Waals surface area contributed by atoms with Crippen molar-refractivity contribution in [3.05, 3.63) is 47.4 Å². The fourth-order valence-electron chi connectivity index (χ4n) is 1.50. The summed E-state index contributed by atoms with van der Waals surface area (Å²) < 4.78 is 31.2. The smallest absolute Gasteiger partial charge is 0.337 e. The molecule has 0 aliphatic heterocycles. The van der Waals surface area contributed by atoms with E-state index in [2.05, 4.69) is 19.4 Å². The Morgan fingerprint density at radius 1 is 1.33 bits per heavy atom. The summed E-state index contributed by atoms with van der Waals surface area (Å²) in [5.74, 6) is -0.601. The Balaban J connectivity index is 2.33. The van der Waals surface area contributed by atoms with Crippen molar-refractivity contribution in [1.82, 2.24) is 9.97 Å². The van der Waals surface area contributed by atoms with Gasteiger partial charge in [-0.3, -0.25) is 4.72 Å². The quantitative estimate of drug-likeness (QED) is 0.678. The molecule has 0 spiro atoms. The van der Waals surface area contributed by atoms with Crippen LogP contribution in [-0.4, -0.2) is 31.5 Å². The van der Waals surface area contributed by atoms with Crippen LogP contribution >= 0.6 is 11.6 Å². The average Bonchev–Trinajstić information content (AvgIpc) is 2.46. The van der Waals surface area contributed by atoms with Crippen molar-refractivity contribution in [2.75, 3.05) is 11.8 Å². The van der Waals surface area contributed by atoms with E-state index < -0.39 is 16.0 Å². The van der Waals surface area contributed by atoms with Gasteiger partial charge in [0.25, 0.3) is 10.0 Å². The minimum atomic E-state index is -3.90. The van der Waals surface area contributed by atoms with Gasteiger partial charge in [-0.1, -0.05) is 6.07 Å². The first-order chi connectivity index (χ1) is 9.92. The van der Waals surface area contributed by atoms with Gasteiger partial charge in [0.05, 0.1) is 17.6 Å². The van der Waals surface area contributed by atoms with Crippen LogP contribution in [0.5, 0.6) is 0 Å². The van der Waals surface area contributed by atoms with E-state index in [1.807, 2.05) is 0 Å². The highest BCUT2D eigenvalue weighted by atomic mass is 35.5.